The fourth-order valence-corrected chi connectivity index (χ4v) is 5.98. The lowest BCUT2D eigenvalue weighted by Gasteiger charge is -2.47. The number of aromatic nitrogens is 4. The van der Waals surface area contributed by atoms with Crippen LogP contribution >= 0.6 is 0 Å². The zero-order valence-corrected chi connectivity index (χ0v) is 21.7. The highest BCUT2D eigenvalue weighted by molar-refractivity contribution is 6.03. The van der Waals surface area contributed by atoms with Gasteiger partial charge < -0.3 is 25.7 Å². The third-order valence-corrected chi connectivity index (χ3v) is 7.92. The van der Waals surface area contributed by atoms with Gasteiger partial charge in [0.25, 0.3) is 5.91 Å². The first-order chi connectivity index (χ1) is 19.1. The van der Waals surface area contributed by atoms with E-state index in [1.54, 1.807) is 12.5 Å². The van der Waals surface area contributed by atoms with Gasteiger partial charge in [-0.15, -0.1) is 0 Å². The molecule has 4 aliphatic rings. The van der Waals surface area contributed by atoms with Crippen molar-refractivity contribution in [3.8, 4) is 11.3 Å². The quantitative estimate of drug-likeness (QED) is 0.351. The van der Waals surface area contributed by atoms with Crippen LogP contribution in [0.2, 0.25) is 0 Å². The molecule has 1 aromatic carbocycles. The fraction of sp³-hybridized carbons (Fsp3) is 0.379. The number of pyridine rings is 1. The average molecular weight is 525 g/mol. The van der Waals surface area contributed by atoms with E-state index in [-0.39, 0.29) is 11.9 Å². The number of rotatable bonds is 6. The molecule has 4 aromatic rings. The summed E-state index contributed by atoms with van der Waals surface area (Å²) < 4.78 is 5.79. The van der Waals surface area contributed by atoms with E-state index < -0.39 is 0 Å². The lowest BCUT2D eigenvalue weighted by Crippen LogP contribution is -2.57. The molecule has 0 saturated carbocycles. The van der Waals surface area contributed by atoms with Crippen molar-refractivity contribution in [1.29, 1.82) is 0 Å². The molecule has 4 saturated heterocycles. The Kier molecular flexibility index (Phi) is 6.22. The van der Waals surface area contributed by atoms with Crippen molar-refractivity contribution < 1.29 is 9.53 Å². The molecule has 2 unspecified atom stereocenters. The van der Waals surface area contributed by atoms with Crippen LogP contribution in [0.15, 0.2) is 55.0 Å². The Labute approximate surface area is 226 Å². The number of carbonyl (C=O) groups is 1. The molecule has 0 spiro atoms. The van der Waals surface area contributed by atoms with Gasteiger partial charge in [-0.3, -0.25) is 14.7 Å². The SMILES string of the molecule is N[C@@H]1CCCN(Cc2ccnc(C(=O)Nc3ccc(-c4cc5c(N6CC7CC(C6)O7)ncnc5[nH]4)cc3)c2)C1. The van der Waals surface area contributed by atoms with Crippen molar-refractivity contribution in [1.82, 2.24) is 24.8 Å². The largest absolute Gasteiger partial charge is 0.371 e. The first-order valence-corrected chi connectivity index (χ1v) is 13.7. The standard InChI is InChI=1S/C29H32N8O2/c30-20-2-1-9-36(14-20)13-18-7-8-31-26(10-18)29(38)34-21-5-3-19(4-6-21)25-12-24-27(35-25)32-17-33-28(24)37-15-22-11-23(16-37)39-22/h3-8,10,12,17,20,22-23H,1-2,9,11,13-16,30H2,(H,34,38)(H,32,33,35)/t20-,22?,23?/m1/s1. The van der Waals surface area contributed by atoms with Crippen LogP contribution in [0.1, 0.15) is 35.3 Å². The van der Waals surface area contributed by atoms with Crippen molar-refractivity contribution in [2.24, 2.45) is 5.73 Å². The second kappa shape index (κ2) is 10.0. The van der Waals surface area contributed by atoms with Crippen LogP contribution in [0.3, 0.4) is 0 Å². The average Bonchev–Trinajstić information content (AvgIpc) is 3.38. The van der Waals surface area contributed by atoms with Crippen LogP contribution < -0.4 is 16.0 Å². The minimum absolute atomic E-state index is 0.223. The van der Waals surface area contributed by atoms with Crippen LogP contribution in [0.25, 0.3) is 22.3 Å². The molecule has 10 nitrogen and oxygen atoms in total. The van der Waals surface area contributed by atoms with E-state index in [1.165, 1.54) is 0 Å². The molecule has 39 heavy (non-hydrogen) atoms. The third-order valence-electron chi connectivity index (χ3n) is 7.92. The molecule has 4 aliphatic heterocycles. The first-order valence-electron chi connectivity index (χ1n) is 13.7. The van der Waals surface area contributed by atoms with Crippen molar-refractivity contribution in [3.05, 3.63) is 66.2 Å². The lowest BCUT2D eigenvalue weighted by molar-refractivity contribution is -0.133. The van der Waals surface area contributed by atoms with Crippen LogP contribution in [-0.4, -0.2) is 75.2 Å². The van der Waals surface area contributed by atoms with E-state index in [0.29, 0.717) is 23.6 Å². The summed E-state index contributed by atoms with van der Waals surface area (Å²) in [7, 11) is 0. The summed E-state index contributed by atoms with van der Waals surface area (Å²) in [6, 6.07) is 13.9. The van der Waals surface area contributed by atoms with Crippen LogP contribution in [0.4, 0.5) is 11.5 Å². The van der Waals surface area contributed by atoms with E-state index >= 15 is 0 Å². The second-order valence-corrected chi connectivity index (χ2v) is 10.9. The monoisotopic (exact) mass is 524 g/mol. The Morgan fingerprint density at radius 2 is 1.90 bits per heavy atom. The predicted octanol–water partition coefficient (Wildman–Crippen LogP) is 3.17. The number of morpholine rings is 1. The maximum absolute atomic E-state index is 13.0. The van der Waals surface area contributed by atoms with Gasteiger partial charge in [-0.2, -0.15) is 0 Å². The number of hydrogen-bond donors (Lipinski definition) is 3. The number of H-pyrrole nitrogens is 1. The first kappa shape index (κ1) is 24.2. The molecule has 3 aromatic heterocycles. The normalized spacial score (nSPS) is 23.0. The number of aromatic amines is 1. The summed E-state index contributed by atoms with van der Waals surface area (Å²) in [5, 5.41) is 3.98. The summed E-state index contributed by atoms with van der Waals surface area (Å²) >= 11 is 0. The van der Waals surface area contributed by atoms with Crippen LogP contribution in [0.5, 0.6) is 0 Å². The van der Waals surface area contributed by atoms with E-state index in [0.717, 1.165) is 85.7 Å². The molecule has 1 amide bonds. The van der Waals surface area contributed by atoms with E-state index in [2.05, 4.69) is 41.1 Å². The van der Waals surface area contributed by atoms with Crippen molar-refractivity contribution in [2.45, 2.75) is 44.1 Å². The number of piperidine rings is 2. The highest BCUT2D eigenvalue weighted by Gasteiger charge is 2.39. The van der Waals surface area contributed by atoms with Gasteiger partial charge in [-0.05, 0) is 60.8 Å². The number of nitrogens with two attached hydrogens (primary N) is 1. The molecule has 4 fully saturated rings. The number of nitrogens with zero attached hydrogens (tertiary/aromatic N) is 5. The summed E-state index contributed by atoms with van der Waals surface area (Å²) in [5.74, 6) is 0.719. The number of likely N-dealkylation sites (tertiary alicyclic amines) is 1. The molecule has 3 atom stereocenters. The maximum Gasteiger partial charge on any atom is 0.274 e. The zero-order chi connectivity index (χ0) is 26.3. The van der Waals surface area contributed by atoms with Gasteiger partial charge in [0.15, 0.2) is 0 Å². The molecule has 7 heterocycles. The van der Waals surface area contributed by atoms with Gasteiger partial charge in [0, 0.05) is 56.2 Å². The molecule has 4 N–H and O–H groups in total. The smallest absolute Gasteiger partial charge is 0.274 e. The zero-order valence-electron chi connectivity index (χ0n) is 21.7. The van der Waals surface area contributed by atoms with Gasteiger partial charge in [0.05, 0.1) is 17.6 Å². The Hall–Kier alpha value is -3.86. The summed E-state index contributed by atoms with van der Waals surface area (Å²) in [4.78, 5) is 34.4. The maximum atomic E-state index is 13.0. The van der Waals surface area contributed by atoms with E-state index in [9.17, 15) is 4.79 Å². The molecule has 0 aliphatic carbocycles. The van der Waals surface area contributed by atoms with Crippen molar-refractivity contribution >= 4 is 28.4 Å². The summed E-state index contributed by atoms with van der Waals surface area (Å²) in [5.41, 5.74) is 11.1. The Morgan fingerprint density at radius 1 is 1.08 bits per heavy atom. The number of amides is 1. The number of hydrogen-bond acceptors (Lipinski definition) is 8. The lowest BCUT2D eigenvalue weighted by atomic mass is 9.98. The van der Waals surface area contributed by atoms with Gasteiger partial charge >= 0.3 is 0 Å². The Balaban J connectivity index is 1.04. The Morgan fingerprint density at radius 3 is 2.69 bits per heavy atom. The number of fused-ring (bicyclic) bond motifs is 3. The number of nitrogens with one attached hydrogen (secondary N) is 2. The van der Waals surface area contributed by atoms with Crippen molar-refractivity contribution in [2.75, 3.05) is 36.4 Å². The molecule has 2 bridgehead atoms. The van der Waals surface area contributed by atoms with Gasteiger partial charge in [0.2, 0.25) is 0 Å². The van der Waals surface area contributed by atoms with Crippen molar-refractivity contribution in [3.63, 3.8) is 0 Å². The van der Waals surface area contributed by atoms with Gasteiger partial charge in [-0.25, -0.2) is 9.97 Å². The molecular weight excluding hydrogens is 492 g/mol. The molecule has 10 heteroatoms. The highest BCUT2D eigenvalue weighted by Crippen LogP contribution is 2.34. The third kappa shape index (κ3) is 4.98. The van der Waals surface area contributed by atoms with E-state index in [1.807, 2.05) is 36.4 Å². The minimum atomic E-state index is -0.228. The van der Waals surface area contributed by atoms with E-state index in [4.69, 9.17) is 10.5 Å². The topological polar surface area (TPSA) is 125 Å². The van der Waals surface area contributed by atoms with Crippen LogP contribution in [0, 0.1) is 0 Å². The molecule has 200 valence electrons. The predicted molar refractivity (Wildman–Crippen MR) is 149 cm³/mol. The van der Waals surface area contributed by atoms with Gasteiger partial charge in [0.1, 0.15) is 23.5 Å². The molecular formula is C29H32N8O2. The Bertz CT molecular complexity index is 1490. The molecule has 8 rings (SSSR count). The van der Waals surface area contributed by atoms with Crippen LogP contribution in [-0.2, 0) is 11.3 Å². The number of ether oxygens (including phenoxy) is 1. The number of carbonyl (C=O) groups excluding carboxylic acids is 1. The summed E-state index contributed by atoms with van der Waals surface area (Å²) in [6.45, 7) is 4.41. The number of anilines is 2. The summed E-state index contributed by atoms with van der Waals surface area (Å²) in [6.07, 6.45) is 7.25. The fourth-order valence-electron chi connectivity index (χ4n) is 5.98. The molecule has 0 radical (unpaired) electrons. The number of benzene rings is 1. The van der Waals surface area contributed by atoms with Gasteiger partial charge in [-0.1, -0.05) is 12.1 Å². The highest BCUT2D eigenvalue weighted by atomic mass is 16.5. The second-order valence-electron chi connectivity index (χ2n) is 10.9. The minimum Gasteiger partial charge on any atom is -0.371 e.